The summed E-state index contributed by atoms with van der Waals surface area (Å²) >= 11 is -2.71. The van der Waals surface area contributed by atoms with Crippen LogP contribution in [0.15, 0.2) is 0 Å². The van der Waals surface area contributed by atoms with E-state index in [-0.39, 0.29) is 6.42 Å². The molecule has 11 heavy (non-hydrogen) atoms. The van der Waals surface area contributed by atoms with Gasteiger partial charge < -0.3 is 8.74 Å². The van der Waals surface area contributed by atoms with Crippen LogP contribution in [0.4, 0.5) is 13.2 Å². The number of halogens is 3. The van der Waals surface area contributed by atoms with Crippen molar-refractivity contribution in [2.45, 2.75) is 19.0 Å². The van der Waals surface area contributed by atoms with Gasteiger partial charge in [0.1, 0.15) is 0 Å². The minimum Gasteiger partial charge on any atom is -0.750 e. The summed E-state index contributed by atoms with van der Waals surface area (Å²) in [7, 11) is 0. The highest BCUT2D eigenvalue weighted by Crippen LogP contribution is 2.20. The SMILES string of the molecule is O=S([O-])OCCCC(F)(F)F. The molecule has 0 aromatic carbocycles. The number of rotatable bonds is 4. The predicted octanol–water partition coefficient (Wildman–Crippen LogP) is 1.14. The Morgan fingerprint density at radius 2 is 2.00 bits per heavy atom. The molecule has 0 radical (unpaired) electrons. The Balaban J connectivity index is 3.22. The van der Waals surface area contributed by atoms with Crippen LogP contribution in [0.2, 0.25) is 0 Å². The summed E-state index contributed by atoms with van der Waals surface area (Å²) in [6, 6.07) is 0. The summed E-state index contributed by atoms with van der Waals surface area (Å²) in [5, 5.41) is 0. The van der Waals surface area contributed by atoms with Gasteiger partial charge in [0.05, 0.1) is 18.0 Å². The number of hydrogen-bond acceptors (Lipinski definition) is 3. The van der Waals surface area contributed by atoms with Crippen molar-refractivity contribution in [1.82, 2.24) is 0 Å². The van der Waals surface area contributed by atoms with Crippen molar-refractivity contribution in [3.05, 3.63) is 0 Å². The molecule has 0 spiro atoms. The summed E-state index contributed by atoms with van der Waals surface area (Å²) in [5.74, 6) is 0. The van der Waals surface area contributed by atoms with Gasteiger partial charge >= 0.3 is 6.18 Å². The lowest BCUT2D eigenvalue weighted by atomic mass is 10.3. The molecule has 68 valence electrons. The van der Waals surface area contributed by atoms with E-state index in [4.69, 9.17) is 0 Å². The van der Waals surface area contributed by atoms with Crippen LogP contribution in [0.25, 0.3) is 0 Å². The highest BCUT2D eigenvalue weighted by molar-refractivity contribution is 7.74. The molecule has 1 atom stereocenters. The van der Waals surface area contributed by atoms with Crippen molar-refractivity contribution >= 4 is 11.4 Å². The van der Waals surface area contributed by atoms with Gasteiger partial charge in [-0.15, -0.1) is 0 Å². The van der Waals surface area contributed by atoms with E-state index in [0.29, 0.717) is 0 Å². The topological polar surface area (TPSA) is 49.4 Å². The van der Waals surface area contributed by atoms with Gasteiger partial charge in [-0.3, -0.25) is 0 Å². The van der Waals surface area contributed by atoms with E-state index in [1.54, 1.807) is 0 Å². The lowest BCUT2D eigenvalue weighted by Crippen LogP contribution is -2.09. The lowest BCUT2D eigenvalue weighted by molar-refractivity contribution is -0.136. The Hall–Kier alpha value is -0.140. The van der Waals surface area contributed by atoms with Crippen LogP contribution in [-0.4, -0.2) is 21.5 Å². The maximum atomic E-state index is 11.4. The molecule has 0 aliphatic heterocycles. The summed E-state index contributed by atoms with van der Waals surface area (Å²) in [6.07, 6.45) is -5.60. The Bertz CT molecular complexity index is 135. The van der Waals surface area contributed by atoms with E-state index >= 15 is 0 Å². The molecular formula is C4H6F3O3S-. The van der Waals surface area contributed by atoms with Gasteiger partial charge in [-0.2, -0.15) is 13.2 Å². The molecule has 0 aromatic heterocycles. The van der Waals surface area contributed by atoms with Crippen molar-refractivity contribution < 1.29 is 26.1 Å². The van der Waals surface area contributed by atoms with Crippen LogP contribution < -0.4 is 0 Å². The Morgan fingerprint density at radius 1 is 1.45 bits per heavy atom. The zero-order chi connectivity index (χ0) is 8.91. The molecule has 0 rings (SSSR count). The maximum absolute atomic E-state index is 11.4. The molecule has 0 aliphatic rings. The van der Waals surface area contributed by atoms with E-state index in [0.717, 1.165) is 0 Å². The molecule has 0 heterocycles. The average Bonchev–Trinajstić information content (AvgIpc) is 1.78. The Kier molecular flexibility index (Phi) is 4.62. The van der Waals surface area contributed by atoms with Crippen molar-refractivity contribution in [2.24, 2.45) is 0 Å². The van der Waals surface area contributed by atoms with Crippen molar-refractivity contribution in [3.63, 3.8) is 0 Å². The van der Waals surface area contributed by atoms with Gasteiger partial charge in [-0.05, 0) is 6.42 Å². The summed E-state index contributed by atoms with van der Waals surface area (Å²) in [6.45, 7) is -0.421. The second-order valence-electron chi connectivity index (χ2n) is 1.74. The highest BCUT2D eigenvalue weighted by Gasteiger charge is 2.25. The van der Waals surface area contributed by atoms with Crippen LogP contribution in [0.3, 0.4) is 0 Å². The lowest BCUT2D eigenvalue weighted by Gasteiger charge is -2.07. The third-order valence-electron chi connectivity index (χ3n) is 0.784. The normalized spacial score (nSPS) is 14.9. The fourth-order valence-corrected chi connectivity index (χ4v) is 0.654. The molecule has 0 aliphatic carbocycles. The zero-order valence-corrected chi connectivity index (χ0v) is 6.20. The van der Waals surface area contributed by atoms with Crippen LogP contribution in [0.5, 0.6) is 0 Å². The number of alkyl halides is 3. The van der Waals surface area contributed by atoms with E-state index < -0.39 is 30.6 Å². The third-order valence-corrected chi connectivity index (χ3v) is 1.14. The summed E-state index contributed by atoms with van der Waals surface area (Å²) in [4.78, 5) is 0. The molecular weight excluding hydrogens is 185 g/mol. The first-order chi connectivity index (χ1) is 4.92. The molecule has 0 fully saturated rings. The van der Waals surface area contributed by atoms with Gasteiger partial charge in [0.2, 0.25) is 0 Å². The van der Waals surface area contributed by atoms with E-state index in [1.165, 1.54) is 0 Å². The Morgan fingerprint density at radius 3 is 2.36 bits per heavy atom. The van der Waals surface area contributed by atoms with Gasteiger partial charge in [0.15, 0.2) is 0 Å². The zero-order valence-electron chi connectivity index (χ0n) is 5.39. The molecule has 0 N–H and O–H groups in total. The standard InChI is InChI=1S/C4H7F3O3S/c5-4(6,7)2-1-3-10-11(8)9/h1-3H2,(H,8,9)/p-1. The molecule has 0 aromatic rings. The molecule has 0 amide bonds. The minimum atomic E-state index is -4.24. The highest BCUT2D eigenvalue weighted by atomic mass is 32.2. The van der Waals surface area contributed by atoms with Gasteiger partial charge in [-0.1, -0.05) is 0 Å². The molecule has 0 saturated carbocycles. The fourth-order valence-electron chi connectivity index (χ4n) is 0.400. The average molecular weight is 191 g/mol. The first-order valence-corrected chi connectivity index (χ1v) is 3.71. The minimum absolute atomic E-state index is 0.336. The molecule has 3 nitrogen and oxygen atoms in total. The second kappa shape index (κ2) is 4.68. The molecule has 0 saturated heterocycles. The van der Waals surface area contributed by atoms with Gasteiger partial charge in [0.25, 0.3) is 0 Å². The van der Waals surface area contributed by atoms with Crippen LogP contribution >= 0.6 is 0 Å². The summed E-state index contributed by atoms with van der Waals surface area (Å²) < 4.78 is 57.2. The number of hydrogen-bond donors (Lipinski definition) is 0. The van der Waals surface area contributed by atoms with Crippen LogP contribution in [0.1, 0.15) is 12.8 Å². The molecule has 0 bridgehead atoms. The fraction of sp³-hybridized carbons (Fsp3) is 1.00. The predicted molar refractivity (Wildman–Crippen MR) is 30.2 cm³/mol. The van der Waals surface area contributed by atoms with E-state index in [2.05, 4.69) is 4.18 Å². The first-order valence-electron chi connectivity index (χ1n) is 2.71. The Labute approximate surface area is 64.0 Å². The van der Waals surface area contributed by atoms with E-state index in [9.17, 15) is 21.9 Å². The van der Waals surface area contributed by atoms with Crippen molar-refractivity contribution in [2.75, 3.05) is 6.61 Å². The van der Waals surface area contributed by atoms with E-state index in [1.807, 2.05) is 0 Å². The van der Waals surface area contributed by atoms with Crippen molar-refractivity contribution in [3.8, 4) is 0 Å². The smallest absolute Gasteiger partial charge is 0.389 e. The second-order valence-corrected chi connectivity index (χ2v) is 2.39. The largest absolute Gasteiger partial charge is 0.750 e. The maximum Gasteiger partial charge on any atom is 0.389 e. The van der Waals surface area contributed by atoms with Gasteiger partial charge in [0, 0.05) is 6.42 Å². The summed E-state index contributed by atoms with van der Waals surface area (Å²) in [5.41, 5.74) is 0. The van der Waals surface area contributed by atoms with Crippen LogP contribution in [0, 0.1) is 0 Å². The first kappa shape index (κ1) is 10.9. The van der Waals surface area contributed by atoms with Crippen molar-refractivity contribution in [1.29, 1.82) is 0 Å². The van der Waals surface area contributed by atoms with Gasteiger partial charge in [-0.25, -0.2) is 4.21 Å². The quantitative estimate of drug-likeness (QED) is 0.494. The third kappa shape index (κ3) is 9.86. The molecule has 1 unspecified atom stereocenters. The molecule has 7 heteroatoms. The monoisotopic (exact) mass is 191 g/mol. The van der Waals surface area contributed by atoms with Crippen LogP contribution in [-0.2, 0) is 15.5 Å².